The summed E-state index contributed by atoms with van der Waals surface area (Å²) in [5.41, 5.74) is 5.72. The zero-order valence-corrected chi connectivity index (χ0v) is 7.34. The van der Waals surface area contributed by atoms with E-state index in [0.29, 0.717) is 5.69 Å². The molecule has 0 aliphatic heterocycles. The first-order valence-electron chi connectivity index (χ1n) is 3.33. The monoisotopic (exact) mass is 201 g/mol. The van der Waals surface area contributed by atoms with E-state index in [9.17, 15) is 9.59 Å². The van der Waals surface area contributed by atoms with E-state index < -0.39 is 18.5 Å². The van der Waals surface area contributed by atoms with Crippen LogP contribution >= 0.6 is 11.3 Å². The number of thiophene rings is 1. The number of anilines is 1. The first kappa shape index (κ1) is 9.53. The molecule has 3 N–H and O–H groups in total. The molecule has 1 rings (SSSR count). The summed E-state index contributed by atoms with van der Waals surface area (Å²) >= 11 is 1.12. The van der Waals surface area contributed by atoms with Gasteiger partial charge in [0.15, 0.2) is 6.61 Å². The van der Waals surface area contributed by atoms with E-state index in [2.05, 4.69) is 4.74 Å². The molecule has 1 aromatic heterocycles. The van der Waals surface area contributed by atoms with E-state index in [0.717, 1.165) is 11.3 Å². The number of nitrogen functional groups attached to an aromatic ring is 1. The minimum Gasteiger partial charge on any atom is -0.479 e. The van der Waals surface area contributed by atoms with Crippen molar-refractivity contribution in [1.29, 1.82) is 0 Å². The average molecular weight is 201 g/mol. The summed E-state index contributed by atoms with van der Waals surface area (Å²) in [5.74, 6) is -1.89. The molecule has 6 heteroatoms. The number of hydrogen-bond donors (Lipinski definition) is 2. The predicted octanol–water partition coefficient (Wildman–Crippen LogP) is 0.572. The standard InChI is InChI=1S/C7H7NO4S/c8-4-1-2-13-6(4)7(11)12-3-5(9)10/h1-2H,3,8H2,(H,9,10). The molecule has 0 spiro atoms. The first-order valence-corrected chi connectivity index (χ1v) is 4.21. The van der Waals surface area contributed by atoms with Gasteiger partial charge in [0.1, 0.15) is 4.88 Å². The molecule has 5 nitrogen and oxygen atoms in total. The minimum absolute atomic E-state index is 0.237. The lowest BCUT2D eigenvalue weighted by Gasteiger charge is -1.99. The van der Waals surface area contributed by atoms with Crippen molar-refractivity contribution in [2.45, 2.75) is 0 Å². The number of carboxylic acids is 1. The molecule has 0 unspecified atom stereocenters. The fourth-order valence-electron chi connectivity index (χ4n) is 0.678. The van der Waals surface area contributed by atoms with Crippen LogP contribution < -0.4 is 5.73 Å². The van der Waals surface area contributed by atoms with Gasteiger partial charge in [-0.3, -0.25) is 0 Å². The molecule has 0 atom stereocenters. The Morgan fingerprint density at radius 2 is 2.31 bits per heavy atom. The third kappa shape index (κ3) is 2.45. The van der Waals surface area contributed by atoms with Gasteiger partial charge in [0.25, 0.3) is 0 Å². The Hall–Kier alpha value is -1.56. The highest BCUT2D eigenvalue weighted by Crippen LogP contribution is 2.19. The van der Waals surface area contributed by atoms with Gasteiger partial charge in [-0.1, -0.05) is 0 Å². The van der Waals surface area contributed by atoms with Crippen molar-refractivity contribution in [2.75, 3.05) is 12.3 Å². The van der Waals surface area contributed by atoms with Crippen molar-refractivity contribution in [3.63, 3.8) is 0 Å². The zero-order chi connectivity index (χ0) is 9.84. The van der Waals surface area contributed by atoms with Crippen LogP contribution in [-0.2, 0) is 9.53 Å². The molecule has 70 valence electrons. The molecular formula is C7H7NO4S. The molecule has 1 heterocycles. The SMILES string of the molecule is Nc1ccsc1C(=O)OCC(=O)O. The van der Waals surface area contributed by atoms with Crippen LogP contribution in [0.5, 0.6) is 0 Å². The van der Waals surface area contributed by atoms with Crippen LogP contribution in [0.15, 0.2) is 11.4 Å². The van der Waals surface area contributed by atoms with E-state index >= 15 is 0 Å². The Balaban J connectivity index is 2.59. The maximum absolute atomic E-state index is 11.1. The summed E-state index contributed by atoms with van der Waals surface area (Å²) in [4.78, 5) is 21.4. The molecule has 0 saturated carbocycles. The van der Waals surface area contributed by atoms with Crippen LogP contribution in [0.25, 0.3) is 0 Å². The number of carbonyl (C=O) groups excluding carboxylic acids is 1. The van der Waals surface area contributed by atoms with Gasteiger partial charge in [0, 0.05) is 0 Å². The first-order chi connectivity index (χ1) is 6.11. The van der Waals surface area contributed by atoms with Crippen molar-refractivity contribution in [1.82, 2.24) is 0 Å². The van der Waals surface area contributed by atoms with Crippen molar-refractivity contribution in [2.24, 2.45) is 0 Å². The topological polar surface area (TPSA) is 89.6 Å². The molecule has 1 aromatic rings. The third-order valence-corrected chi connectivity index (χ3v) is 2.12. The number of ether oxygens (including phenoxy) is 1. The molecule has 0 amide bonds. The Labute approximate surface area is 77.7 Å². The van der Waals surface area contributed by atoms with Gasteiger partial charge in [-0.2, -0.15) is 0 Å². The van der Waals surface area contributed by atoms with Gasteiger partial charge >= 0.3 is 11.9 Å². The van der Waals surface area contributed by atoms with Crippen molar-refractivity contribution < 1.29 is 19.4 Å². The Kier molecular flexibility index (Phi) is 2.86. The fraction of sp³-hybridized carbons (Fsp3) is 0.143. The second kappa shape index (κ2) is 3.90. The van der Waals surface area contributed by atoms with E-state index in [1.165, 1.54) is 0 Å². The van der Waals surface area contributed by atoms with Gasteiger partial charge < -0.3 is 15.6 Å². The summed E-state index contributed by atoms with van der Waals surface area (Å²) in [7, 11) is 0. The lowest BCUT2D eigenvalue weighted by atomic mass is 10.4. The number of nitrogens with two attached hydrogens (primary N) is 1. The maximum Gasteiger partial charge on any atom is 0.351 e. The van der Waals surface area contributed by atoms with E-state index in [4.69, 9.17) is 10.8 Å². The molecule has 0 fully saturated rings. The number of carboxylic acid groups (broad SMARTS) is 1. The Morgan fingerprint density at radius 3 is 2.77 bits per heavy atom. The molecule has 0 saturated heterocycles. The number of hydrogen-bond acceptors (Lipinski definition) is 5. The highest BCUT2D eigenvalue weighted by Gasteiger charge is 2.13. The van der Waals surface area contributed by atoms with Crippen LogP contribution in [0.4, 0.5) is 5.69 Å². The summed E-state index contributed by atoms with van der Waals surface area (Å²) in [6, 6.07) is 1.56. The van der Waals surface area contributed by atoms with Gasteiger partial charge in [-0.15, -0.1) is 11.3 Å². The second-order valence-corrected chi connectivity index (χ2v) is 3.09. The predicted molar refractivity (Wildman–Crippen MR) is 46.6 cm³/mol. The van der Waals surface area contributed by atoms with E-state index in [-0.39, 0.29) is 4.88 Å². The van der Waals surface area contributed by atoms with Gasteiger partial charge in [0.05, 0.1) is 5.69 Å². The maximum atomic E-state index is 11.1. The number of rotatable bonds is 3. The average Bonchev–Trinajstić information content (AvgIpc) is 2.47. The van der Waals surface area contributed by atoms with Crippen LogP contribution in [-0.4, -0.2) is 23.7 Å². The van der Waals surface area contributed by atoms with Crippen LogP contribution in [0.2, 0.25) is 0 Å². The lowest BCUT2D eigenvalue weighted by Crippen LogP contribution is -2.13. The fourth-order valence-corrected chi connectivity index (χ4v) is 1.39. The van der Waals surface area contributed by atoms with Crippen LogP contribution in [0, 0.1) is 0 Å². The van der Waals surface area contributed by atoms with E-state index in [1.807, 2.05) is 0 Å². The summed E-state index contributed by atoms with van der Waals surface area (Å²) < 4.78 is 4.42. The summed E-state index contributed by atoms with van der Waals surface area (Å²) in [6.07, 6.45) is 0. The van der Waals surface area contributed by atoms with Gasteiger partial charge in [0.2, 0.25) is 0 Å². The lowest BCUT2D eigenvalue weighted by molar-refractivity contribution is -0.140. The molecule has 13 heavy (non-hydrogen) atoms. The number of aliphatic carboxylic acids is 1. The van der Waals surface area contributed by atoms with Gasteiger partial charge in [-0.05, 0) is 11.4 Å². The third-order valence-electron chi connectivity index (χ3n) is 1.21. The van der Waals surface area contributed by atoms with Gasteiger partial charge in [-0.25, -0.2) is 9.59 Å². The van der Waals surface area contributed by atoms with Crippen molar-refractivity contribution in [3.05, 3.63) is 16.3 Å². The summed E-state index contributed by atoms with van der Waals surface area (Å²) in [5, 5.41) is 9.86. The molecule has 0 radical (unpaired) electrons. The number of carbonyl (C=O) groups is 2. The largest absolute Gasteiger partial charge is 0.479 e. The van der Waals surface area contributed by atoms with E-state index in [1.54, 1.807) is 11.4 Å². The van der Waals surface area contributed by atoms with Crippen molar-refractivity contribution >= 4 is 29.0 Å². The highest BCUT2D eigenvalue weighted by molar-refractivity contribution is 7.12. The second-order valence-electron chi connectivity index (χ2n) is 2.17. The highest BCUT2D eigenvalue weighted by atomic mass is 32.1. The zero-order valence-electron chi connectivity index (χ0n) is 6.52. The Bertz CT molecular complexity index is 333. The Morgan fingerprint density at radius 1 is 1.62 bits per heavy atom. The minimum atomic E-state index is -1.19. The molecule has 0 aliphatic rings. The van der Waals surface area contributed by atoms with Crippen LogP contribution in [0.1, 0.15) is 9.67 Å². The molecule has 0 bridgehead atoms. The normalized spacial score (nSPS) is 9.54. The van der Waals surface area contributed by atoms with Crippen LogP contribution in [0.3, 0.4) is 0 Å². The van der Waals surface area contributed by atoms with Crippen molar-refractivity contribution in [3.8, 4) is 0 Å². The molecule has 0 aromatic carbocycles. The smallest absolute Gasteiger partial charge is 0.351 e. The molecule has 0 aliphatic carbocycles. The number of esters is 1. The summed E-state index contributed by atoms with van der Waals surface area (Å²) in [6.45, 7) is -0.643. The molecular weight excluding hydrogens is 194 g/mol. The quantitative estimate of drug-likeness (QED) is 0.698.